The fourth-order valence-corrected chi connectivity index (χ4v) is 3.71. The van der Waals surface area contributed by atoms with Crippen molar-refractivity contribution in [2.75, 3.05) is 11.1 Å². The summed E-state index contributed by atoms with van der Waals surface area (Å²) in [7, 11) is 0. The van der Waals surface area contributed by atoms with Gasteiger partial charge in [-0.15, -0.1) is 16.8 Å². The molecule has 0 saturated heterocycles. The number of carbonyl (C=O) groups is 1. The first-order valence-electron chi connectivity index (χ1n) is 9.71. The van der Waals surface area contributed by atoms with Crippen LogP contribution in [0.1, 0.15) is 16.7 Å². The highest BCUT2D eigenvalue weighted by atomic mass is 32.2. The second-order valence-electron chi connectivity index (χ2n) is 7.20. The maximum absolute atomic E-state index is 13.0. The van der Waals surface area contributed by atoms with Gasteiger partial charge in [0.05, 0.1) is 16.9 Å². The number of allylic oxidation sites excluding steroid dienone is 1. The van der Waals surface area contributed by atoms with E-state index in [0.29, 0.717) is 29.7 Å². The van der Waals surface area contributed by atoms with Gasteiger partial charge in [-0.2, -0.15) is 26.3 Å². The van der Waals surface area contributed by atoms with Crippen molar-refractivity contribution in [1.82, 2.24) is 14.8 Å². The number of aryl methyl sites for hydroxylation is 1. The average Bonchev–Trinajstić information content (AvgIpc) is 3.14. The lowest BCUT2D eigenvalue weighted by atomic mass is 10.1. The Morgan fingerprint density at radius 2 is 1.62 bits per heavy atom. The fourth-order valence-electron chi connectivity index (χ4n) is 2.96. The zero-order chi connectivity index (χ0) is 25.1. The van der Waals surface area contributed by atoms with E-state index >= 15 is 0 Å². The number of amides is 1. The summed E-state index contributed by atoms with van der Waals surface area (Å²) >= 11 is 0.938. The minimum Gasteiger partial charge on any atom is -0.325 e. The molecular formula is C22H18F6N4OS. The summed E-state index contributed by atoms with van der Waals surface area (Å²) in [5, 5.41) is 10.6. The van der Waals surface area contributed by atoms with E-state index in [1.807, 2.05) is 31.2 Å². The van der Waals surface area contributed by atoms with Crippen molar-refractivity contribution in [2.45, 2.75) is 31.0 Å². The van der Waals surface area contributed by atoms with Crippen LogP contribution in [0.5, 0.6) is 0 Å². The molecular weight excluding hydrogens is 482 g/mol. The predicted molar refractivity (Wildman–Crippen MR) is 116 cm³/mol. The summed E-state index contributed by atoms with van der Waals surface area (Å²) in [6.45, 7) is 5.94. The summed E-state index contributed by atoms with van der Waals surface area (Å²) < 4.78 is 79.8. The van der Waals surface area contributed by atoms with Crippen LogP contribution in [0.25, 0.3) is 11.4 Å². The minimum atomic E-state index is -5.01. The predicted octanol–water partition coefficient (Wildman–Crippen LogP) is 6.21. The van der Waals surface area contributed by atoms with Gasteiger partial charge in [0.15, 0.2) is 11.0 Å². The molecule has 0 unspecified atom stereocenters. The smallest absolute Gasteiger partial charge is 0.325 e. The molecule has 0 saturated carbocycles. The number of benzene rings is 2. The van der Waals surface area contributed by atoms with Crippen LogP contribution in [0.15, 0.2) is 60.3 Å². The highest BCUT2D eigenvalue weighted by Crippen LogP contribution is 2.37. The van der Waals surface area contributed by atoms with Gasteiger partial charge in [-0.25, -0.2) is 0 Å². The molecule has 5 nitrogen and oxygen atoms in total. The first-order valence-corrected chi connectivity index (χ1v) is 10.7. The van der Waals surface area contributed by atoms with E-state index < -0.39 is 35.1 Å². The maximum atomic E-state index is 13.0. The van der Waals surface area contributed by atoms with Crippen molar-refractivity contribution in [3.8, 4) is 11.4 Å². The lowest BCUT2D eigenvalue weighted by Crippen LogP contribution is -2.17. The summed E-state index contributed by atoms with van der Waals surface area (Å²) in [5.74, 6) is -0.598. The zero-order valence-corrected chi connectivity index (χ0v) is 18.5. The molecule has 12 heteroatoms. The monoisotopic (exact) mass is 500 g/mol. The van der Waals surface area contributed by atoms with Gasteiger partial charge in [0.2, 0.25) is 5.91 Å². The largest absolute Gasteiger partial charge is 0.416 e. The van der Waals surface area contributed by atoms with E-state index in [9.17, 15) is 31.1 Å². The van der Waals surface area contributed by atoms with Crippen LogP contribution in [0.4, 0.5) is 32.0 Å². The van der Waals surface area contributed by atoms with Gasteiger partial charge in [0.25, 0.3) is 0 Å². The molecule has 1 amide bonds. The van der Waals surface area contributed by atoms with Gasteiger partial charge < -0.3 is 5.32 Å². The highest BCUT2D eigenvalue weighted by Gasteiger charge is 2.37. The third-order valence-corrected chi connectivity index (χ3v) is 5.51. The van der Waals surface area contributed by atoms with Gasteiger partial charge >= 0.3 is 12.4 Å². The lowest BCUT2D eigenvalue weighted by Gasteiger charge is -2.14. The number of alkyl halides is 6. The van der Waals surface area contributed by atoms with Crippen molar-refractivity contribution < 1.29 is 31.1 Å². The number of nitrogens with one attached hydrogen (secondary N) is 1. The Morgan fingerprint density at radius 3 is 2.15 bits per heavy atom. The number of carbonyl (C=O) groups excluding carboxylic acids is 1. The molecule has 3 aromatic rings. The second-order valence-corrected chi connectivity index (χ2v) is 8.15. The van der Waals surface area contributed by atoms with Gasteiger partial charge in [0, 0.05) is 17.8 Å². The van der Waals surface area contributed by atoms with E-state index in [2.05, 4.69) is 22.1 Å². The molecule has 0 aliphatic carbocycles. The number of rotatable bonds is 7. The van der Waals surface area contributed by atoms with Gasteiger partial charge in [-0.3, -0.25) is 9.36 Å². The molecule has 1 heterocycles. The fraction of sp³-hybridized carbons (Fsp3) is 0.227. The Morgan fingerprint density at radius 1 is 1.03 bits per heavy atom. The maximum Gasteiger partial charge on any atom is 0.416 e. The van der Waals surface area contributed by atoms with Crippen molar-refractivity contribution in [3.05, 3.63) is 71.8 Å². The minimum absolute atomic E-state index is 0.00519. The first-order chi connectivity index (χ1) is 15.9. The molecule has 34 heavy (non-hydrogen) atoms. The topological polar surface area (TPSA) is 59.8 Å². The molecule has 0 radical (unpaired) electrons. The normalized spacial score (nSPS) is 12.0. The number of anilines is 1. The molecule has 0 fully saturated rings. The molecule has 3 rings (SSSR count). The number of hydrogen-bond donors (Lipinski definition) is 1. The van der Waals surface area contributed by atoms with Crippen LogP contribution in [-0.4, -0.2) is 26.4 Å². The summed E-state index contributed by atoms with van der Waals surface area (Å²) in [4.78, 5) is 12.3. The van der Waals surface area contributed by atoms with Crippen molar-refractivity contribution >= 4 is 23.4 Å². The van der Waals surface area contributed by atoms with E-state index in [0.717, 1.165) is 22.9 Å². The molecule has 0 aliphatic rings. The quantitative estimate of drug-likeness (QED) is 0.238. The Labute approximate surface area is 194 Å². The van der Waals surface area contributed by atoms with Gasteiger partial charge in [0.1, 0.15) is 0 Å². The standard InChI is InChI=1S/C22H18F6N4OS/c1-3-8-32-19(14-6-4-13(2)5-7-14)30-31-20(32)34-12-18(33)29-17-10-15(21(23,24)25)9-16(11-17)22(26,27)28/h3-7,9-11H,1,8,12H2,2H3,(H,29,33). The molecule has 1 N–H and O–H groups in total. The molecule has 0 spiro atoms. The first kappa shape index (κ1) is 25.3. The summed E-state index contributed by atoms with van der Waals surface area (Å²) in [6.07, 6.45) is -8.42. The van der Waals surface area contributed by atoms with Crippen LogP contribution < -0.4 is 5.32 Å². The van der Waals surface area contributed by atoms with Gasteiger partial charge in [-0.05, 0) is 25.1 Å². The SMILES string of the molecule is C=CCn1c(SCC(=O)Nc2cc(C(F)(F)F)cc(C(F)(F)F)c2)nnc1-c1ccc(C)cc1. The van der Waals surface area contributed by atoms with E-state index in [4.69, 9.17) is 0 Å². The number of nitrogens with zero attached hydrogens (tertiary/aromatic N) is 3. The number of halogens is 6. The Hall–Kier alpha value is -3.28. The molecule has 1 aromatic heterocycles. The Kier molecular flexibility index (Phi) is 7.39. The average molecular weight is 500 g/mol. The molecule has 0 bridgehead atoms. The van der Waals surface area contributed by atoms with E-state index in [1.165, 1.54) is 0 Å². The summed E-state index contributed by atoms with van der Waals surface area (Å²) in [6, 6.07) is 8.40. The number of thioether (sulfide) groups is 1. The third-order valence-electron chi connectivity index (χ3n) is 4.54. The Bertz CT molecular complexity index is 1150. The second kappa shape index (κ2) is 9.92. The molecule has 2 aromatic carbocycles. The van der Waals surface area contributed by atoms with Crippen LogP contribution in [0.2, 0.25) is 0 Å². The Balaban J connectivity index is 1.78. The van der Waals surface area contributed by atoms with Gasteiger partial charge in [-0.1, -0.05) is 47.7 Å². The van der Waals surface area contributed by atoms with Crippen LogP contribution >= 0.6 is 11.8 Å². The molecule has 0 atom stereocenters. The van der Waals surface area contributed by atoms with Crippen molar-refractivity contribution in [2.24, 2.45) is 0 Å². The number of aromatic nitrogens is 3. The van der Waals surface area contributed by atoms with E-state index in [1.54, 1.807) is 10.6 Å². The van der Waals surface area contributed by atoms with Crippen LogP contribution in [0.3, 0.4) is 0 Å². The third kappa shape index (κ3) is 6.19. The van der Waals surface area contributed by atoms with Crippen molar-refractivity contribution in [1.29, 1.82) is 0 Å². The van der Waals surface area contributed by atoms with E-state index in [-0.39, 0.29) is 11.8 Å². The molecule has 180 valence electrons. The van der Waals surface area contributed by atoms with Crippen LogP contribution in [0, 0.1) is 6.92 Å². The lowest BCUT2D eigenvalue weighted by molar-refractivity contribution is -0.143. The van der Waals surface area contributed by atoms with Crippen LogP contribution in [-0.2, 0) is 23.7 Å². The number of hydrogen-bond acceptors (Lipinski definition) is 4. The highest BCUT2D eigenvalue weighted by molar-refractivity contribution is 7.99. The van der Waals surface area contributed by atoms with Crippen molar-refractivity contribution in [3.63, 3.8) is 0 Å². The molecule has 0 aliphatic heterocycles. The summed E-state index contributed by atoms with van der Waals surface area (Å²) in [5.41, 5.74) is -1.81. The zero-order valence-electron chi connectivity index (χ0n) is 17.7.